The Labute approximate surface area is 379 Å². The summed E-state index contributed by atoms with van der Waals surface area (Å²) in [4.78, 5) is 2.36. The van der Waals surface area contributed by atoms with E-state index in [1.54, 1.807) is 0 Å². The monoisotopic (exact) mass is 855 g/mol. The summed E-state index contributed by atoms with van der Waals surface area (Å²) >= 11 is 7.63. The van der Waals surface area contributed by atoms with Gasteiger partial charge in [0.15, 0.2) is 0 Å². The van der Waals surface area contributed by atoms with Gasteiger partial charge in [0, 0.05) is 5.38 Å². The van der Waals surface area contributed by atoms with Crippen LogP contribution < -0.4 is 5.32 Å². The summed E-state index contributed by atoms with van der Waals surface area (Å²) in [7, 11) is 2.17. The average Bonchev–Trinajstić information content (AvgIpc) is 2.99. The van der Waals surface area contributed by atoms with Crippen LogP contribution in [0, 0.1) is 11.3 Å². The molecule has 0 heterocycles. The van der Waals surface area contributed by atoms with E-state index in [-0.39, 0.29) is 52.0 Å². The second-order valence-electron chi connectivity index (χ2n) is 15.2. The van der Waals surface area contributed by atoms with Gasteiger partial charge < -0.3 is 10.2 Å². The maximum atomic E-state index is 5.58. The number of alkyl halides is 1. The van der Waals surface area contributed by atoms with E-state index in [0.717, 1.165) is 12.3 Å². The van der Waals surface area contributed by atoms with Crippen molar-refractivity contribution in [2.75, 3.05) is 44.7 Å². The Hall–Kier alpha value is 0.560. The highest BCUT2D eigenvalue weighted by molar-refractivity contribution is 7.99. The van der Waals surface area contributed by atoms with Crippen molar-refractivity contribution in [3.05, 3.63) is 0 Å². The van der Waals surface area contributed by atoms with Crippen molar-refractivity contribution in [2.45, 2.75) is 292 Å². The fourth-order valence-electron chi connectivity index (χ4n) is 3.30. The molecule has 0 spiro atoms. The highest BCUT2D eigenvalue weighted by Crippen LogP contribution is 2.10. The molecule has 1 N–H and O–H groups in total. The van der Waals surface area contributed by atoms with Gasteiger partial charge in [-0.05, 0) is 108 Å². The predicted molar refractivity (Wildman–Crippen MR) is 292 cm³/mol. The Bertz CT molecular complexity index is 394. The van der Waals surface area contributed by atoms with Crippen molar-refractivity contribution < 1.29 is 0 Å². The van der Waals surface area contributed by atoms with Crippen LogP contribution in [0.1, 0.15) is 286 Å². The lowest BCUT2D eigenvalue weighted by Crippen LogP contribution is -2.19. The molecule has 0 aromatic heterocycles. The van der Waals surface area contributed by atoms with Crippen LogP contribution >= 0.6 is 23.4 Å². The van der Waals surface area contributed by atoms with Gasteiger partial charge in [-0.3, -0.25) is 0 Å². The second-order valence-corrected chi connectivity index (χ2v) is 17.2. The Balaban J connectivity index is -0.0000000265. The van der Waals surface area contributed by atoms with E-state index in [2.05, 4.69) is 154 Å². The fraction of sp³-hybridized carbons (Fsp3) is 1.00. The molecule has 0 rings (SSSR count). The Morgan fingerprint density at radius 3 is 1.00 bits per heavy atom. The van der Waals surface area contributed by atoms with E-state index in [0.29, 0.717) is 10.8 Å². The van der Waals surface area contributed by atoms with Crippen molar-refractivity contribution >= 4 is 23.4 Å². The number of rotatable bonds is 20. The number of nitrogens with one attached hydrogen (secondary N) is 1. The molecule has 0 bridgehead atoms. The van der Waals surface area contributed by atoms with Crippen LogP contribution in [0.25, 0.3) is 0 Å². The van der Waals surface area contributed by atoms with Crippen LogP contribution in [-0.2, 0) is 0 Å². The molecular formula is C52H135ClN2S. The van der Waals surface area contributed by atoms with Gasteiger partial charge in [-0.25, -0.2) is 0 Å². The van der Waals surface area contributed by atoms with Crippen LogP contribution in [0.3, 0.4) is 0 Å². The van der Waals surface area contributed by atoms with Gasteiger partial charge in [-0.2, -0.15) is 11.8 Å². The number of halogens is 1. The summed E-state index contributed by atoms with van der Waals surface area (Å²) in [6.45, 7) is 46.4. The second kappa shape index (κ2) is 106. The van der Waals surface area contributed by atoms with Gasteiger partial charge in [0.2, 0.25) is 0 Å². The van der Waals surface area contributed by atoms with Crippen molar-refractivity contribution in [3.63, 3.8) is 0 Å². The molecule has 366 valence electrons. The quantitative estimate of drug-likeness (QED) is 0.0970. The molecule has 0 aliphatic heterocycles. The van der Waals surface area contributed by atoms with Crippen LogP contribution in [-0.4, -0.2) is 55.0 Å². The first-order chi connectivity index (χ1) is 23.0. The summed E-state index contributed by atoms with van der Waals surface area (Å²) in [5, 5.41) is 3.66. The molecule has 56 heavy (non-hydrogen) atoms. The van der Waals surface area contributed by atoms with Crippen molar-refractivity contribution in [3.8, 4) is 0 Å². The van der Waals surface area contributed by atoms with Crippen molar-refractivity contribution in [2.24, 2.45) is 11.3 Å². The molecule has 0 radical (unpaired) electrons. The molecule has 0 aromatic carbocycles. The molecule has 1 atom stereocenters. The number of hydrogen-bond donors (Lipinski definition) is 1. The Kier molecular flexibility index (Phi) is 191. The lowest BCUT2D eigenvalue weighted by molar-refractivity contribution is 0.335. The largest absolute Gasteiger partial charge is 0.317 e. The van der Waals surface area contributed by atoms with E-state index in [1.165, 1.54) is 134 Å². The van der Waals surface area contributed by atoms with Gasteiger partial charge in [0.1, 0.15) is 0 Å². The third kappa shape index (κ3) is 259. The standard InChI is InChI=1S/C10H22.C7H17N.C6H15N.C6H14S.C5H11Cl.C5H12.2C3H8.7CH4/c1-4-5-6-7-8-9-10(2)3;1-4-6-8(3)7-5-2;2*1-3-5-7-6-4-2;1-3-4-5(2)6;1-5(2,3)4;2*1-3-2;;;;;;;/h10H,4-9H2,1-3H3;4-7H2,1-3H3;7H,3-6H2,1-2H3;3-6H2,1-2H3;5H,3-4H2,1-2H3;1-4H3;2*3H2,1-2H3;7*1H4. The van der Waals surface area contributed by atoms with Crippen molar-refractivity contribution in [1.82, 2.24) is 10.2 Å². The average molecular weight is 856 g/mol. The maximum Gasteiger partial charge on any atom is 0.0307 e. The molecule has 0 saturated carbocycles. The van der Waals surface area contributed by atoms with Crippen LogP contribution in [0.15, 0.2) is 0 Å². The van der Waals surface area contributed by atoms with E-state index in [1.807, 2.05) is 6.92 Å². The summed E-state index contributed by atoms with van der Waals surface area (Å²) < 4.78 is 0. The van der Waals surface area contributed by atoms with Gasteiger partial charge in [-0.1, -0.05) is 234 Å². The molecule has 2 nitrogen and oxygen atoms in total. The predicted octanol–water partition coefficient (Wildman–Crippen LogP) is 21.4. The molecule has 0 saturated heterocycles. The summed E-state index contributed by atoms with van der Waals surface area (Å²) in [5.41, 5.74) is 0.500. The molecule has 0 amide bonds. The topological polar surface area (TPSA) is 15.3 Å². The maximum absolute atomic E-state index is 5.58. The normalized spacial score (nSPS) is 9.05. The summed E-state index contributed by atoms with van der Waals surface area (Å²) in [6.07, 6.45) is 21.1. The first-order valence-corrected chi connectivity index (χ1v) is 23.2. The van der Waals surface area contributed by atoms with Gasteiger partial charge in [-0.15, -0.1) is 11.6 Å². The van der Waals surface area contributed by atoms with Gasteiger partial charge in [0.05, 0.1) is 0 Å². The summed E-state index contributed by atoms with van der Waals surface area (Å²) in [6, 6.07) is 0. The van der Waals surface area contributed by atoms with E-state index < -0.39 is 0 Å². The molecule has 0 aliphatic rings. The zero-order chi connectivity index (χ0) is 40.2. The highest BCUT2D eigenvalue weighted by Gasteiger charge is 1.95. The molecule has 0 aromatic rings. The lowest BCUT2D eigenvalue weighted by Gasteiger charge is -2.12. The highest BCUT2D eigenvalue weighted by atomic mass is 35.5. The zero-order valence-electron chi connectivity index (χ0n) is 38.9. The van der Waals surface area contributed by atoms with Crippen LogP contribution in [0.2, 0.25) is 0 Å². The lowest BCUT2D eigenvalue weighted by atomic mass is 10.0. The first-order valence-electron chi connectivity index (χ1n) is 21.6. The van der Waals surface area contributed by atoms with E-state index in [9.17, 15) is 0 Å². The zero-order valence-corrected chi connectivity index (χ0v) is 40.5. The number of nitrogens with zero attached hydrogens (tertiary/aromatic N) is 1. The first kappa shape index (κ1) is 101. The molecule has 0 fully saturated rings. The molecule has 0 aliphatic carbocycles. The SMILES string of the molecule is C.C.C.C.C.C.C.CC(C)(C)C.CCC.CCC.CCCC(C)Cl.CCCCCCCC(C)C.CCCN(C)CCC.CCCNCCC.CCCSCCC. The number of unbranched alkanes of at least 4 members (excludes halogenated alkanes) is 4. The Morgan fingerprint density at radius 2 is 0.804 bits per heavy atom. The van der Waals surface area contributed by atoms with E-state index in [4.69, 9.17) is 11.6 Å². The third-order valence-electron chi connectivity index (χ3n) is 5.33. The van der Waals surface area contributed by atoms with Crippen LogP contribution in [0.5, 0.6) is 0 Å². The van der Waals surface area contributed by atoms with Crippen molar-refractivity contribution in [1.29, 1.82) is 0 Å². The molecule has 4 heteroatoms. The summed E-state index contributed by atoms with van der Waals surface area (Å²) in [5.74, 6) is 3.59. The smallest absolute Gasteiger partial charge is 0.0307 e. The fourth-order valence-corrected chi connectivity index (χ4v) is 4.30. The minimum absolute atomic E-state index is 0. The number of hydrogen-bond acceptors (Lipinski definition) is 3. The third-order valence-corrected chi connectivity index (χ3v) is 6.94. The minimum Gasteiger partial charge on any atom is -0.317 e. The molecule has 1 unspecified atom stereocenters. The van der Waals surface area contributed by atoms with E-state index >= 15 is 0 Å². The van der Waals surface area contributed by atoms with Crippen LogP contribution in [0.4, 0.5) is 0 Å². The Morgan fingerprint density at radius 1 is 0.482 bits per heavy atom. The molecular weight excluding hydrogens is 720 g/mol. The minimum atomic E-state index is 0. The van der Waals surface area contributed by atoms with Gasteiger partial charge in [0.25, 0.3) is 0 Å². The number of thioether (sulfide) groups is 1. The van der Waals surface area contributed by atoms with Gasteiger partial charge >= 0.3 is 0 Å².